The first kappa shape index (κ1) is 13.5. The smallest absolute Gasteiger partial charge is 0.202 e. The number of hydrogen-bond donors (Lipinski definition) is 1. The number of nitrogens with one attached hydrogen (secondary N) is 1. The number of carbonyl (C=O) groups is 2. The van der Waals surface area contributed by atoms with Crippen molar-refractivity contribution in [3.63, 3.8) is 0 Å². The van der Waals surface area contributed by atoms with Gasteiger partial charge in [-0.25, -0.2) is 0 Å². The minimum Gasteiger partial charge on any atom is -0.352 e. The van der Waals surface area contributed by atoms with Crippen LogP contribution in [0.3, 0.4) is 0 Å². The molecule has 112 valence electrons. The highest BCUT2D eigenvalue weighted by atomic mass is 16.1. The fourth-order valence-corrected chi connectivity index (χ4v) is 3.01. The van der Waals surface area contributed by atoms with Gasteiger partial charge in [-0.2, -0.15) is 0 Å². The van der Waals surface area contributed by atoms with Gasteiger partial charge in [-0.1, -0.05) is 18.2 Å². The van der Waals surface area contributed by atoms with Crippen LogP contribution in [0.1, 0.15) is 0 Å². The van der Waals surface area contributed by atoms with E-state index in [4.69, 9.17) is 0 Å². The van der Waals surface area contributed by atoms with E-state index in [0.29, 0.717) is 5.70 Å². The van der Waals surface area contributed by atoms with Gasteiger partial charge in [0, 0.05) is 40.6 Å². The number of hydrogen-bond acceptors (Lipinski definition) is 3. The molecule has 0 atom stereocenters. The molecule has 1 aromatic heterocycles. The summed E-state index contributed by atoms with van der Waals surface area (Å²) in [6.07, 6.45) is 3.90. The van der Waals surface area contributed by atoms with Crippen LogP contribution in [-0.2, 0) is 16.6 Å². The summed E-state index contributed by atoms with van der Waals surface area (Å²) in [6.45, 7) is 0. The van der Waals surface area contributed by atoms with E-state index in [0.717, 1.165) is 27.5 Å². The highest BCUT2D eigenvalue weighted by Crippen LogP contribution is 2.30. The molecule has 0 radical (unpaired) electrons. The maximum atomic E-state index is 11.9. The topological polar surface area (TPSA) is 51.1 Å². The van der Waals surface area contributed by atoms with Gasteiger partial charge in [0.1, 0.15) is 0 Å². The average molecular weight is 302 g/mol. The summed E-state index contributed by atoms with van der Waals surface area (Å²) in [4.78, 5) is 23.3. The lowest BCUT2D eigenvalue weighted by atomic mass is 10.1. The zero-order valence-electron chi connectivity index (χ0n) is 12.5. The molecule has 23 heavy (non-hydrogen) atoms. The van der Waals surface area contributed by atoms with Crippen molar-refractivity contribution in [3.05, 3.63) is 66.4 Å². The summed E-state index contributed by atoms with van der Waals surface area (Å²) in [5, 5.41) is 5.33. The van der Waals surface area contributed by atoms with Gasteiger partial charge < -0.3 is 9.88 Å². The molecule has 0 saturated heterocycles. The van der Waals surface area contributed by atoms with E-state index >= 15 is 0 Å². The molecule has 3 aromatic rings. The Kier molecular flexibility index (Phi) is 2.91. The van der Waals surface area contributed by atoms with E-state index in [2.05, 4.69) is 22.0 Å². The number of allylic oxidation sites excluding steroid dienone is 3. The quantitative estimate of drug-likeness (QED) is 0.739. The van der Waals surface area contributed by atoms with Crippen molar-refractivity contribution in [1.82, 2.24) is 4.57 Å². The summed E-state index contributed by atoms with van der Waals surface area (Å²) in [7, 11) is 2.04. The third kappa shape index (κ3) is 2.16. The SMILES string of the molecule is Cn1c2ccccc2c2cc(NC3=CC(=O)C=CC3=O)ccc21. The Bertz CT molecular complexity index is 1040. The van der Waals surface area contributed by atoms with Crippen molar-refractivity contribution in [3.8, 4) is 0 Å². The van der Waals surface area contributed by atoms with Crippen LogP contribution in [0.4, 0.5) is 5.69 Å². The number of nitrogens with zero attached hydrogens (tertiary/aromatic N) is 1. The van der Waals surface area contributed by atoms with Crippen LogP contribution in [0, 0.1) is 0 Å². The Morgan fingerprint density at radius 2 is 1.70 bits per heavy atom. The Morgan fingerprint density at radius 1 is 0.913 bits per heavy atom. The third-order valence-electron chi connectivity index (χ3n) is 4.14. The molecule has 1 aliphatic carbocycles. The molecule has 0 saturated carbocycles. The Morgan fingerprint density at radius 3 is 2.57 bits per heavy atom. The molecule has 2 aromatic carbocycles. The first-order chi connectivity index (χ1) is 11.1. The molecular formula is C19H14N2O2. The summed E-state index contributed by atoms with van der Waals surface area (Å²) in [6, 6.07) is 14.1. The predicted molar refractivity (Wildman–Crippen MR) is 91.3 cm³/mol. The zero-order valence-corrected chi connectivity index (χ0v) is 12.5. The molecule has 1 heterocycles. The Balaban J connectivity index is 1.82. The number of aryl methyl sites for hydroxylation is 1. The molecule has 4 nitrogen and oxygen atoms in total. The molecule has 0 bridgehead atoms. The molecule has 1 N–H and O–H groups in total. The maximum absolute atomic E-state index is 11.9. The lowest BCUT2D eigenvalue weighted by Gasteiger charge is -2.10. The summed E-state index contributed by atoms with van der Waals surface area (Å²) in [5.41, 5.74) is 3.37. The van der Waals surface area contributed by atoms with Crippen LogP contribution in [-0.4, -0.2) is 16.1 Å². The van der Waals surface area contributed by atoms with Gasteiger partial charge in [0.25, 0.3) is 0 Å². The second-order valence-electron chi connectivity index (χ2n) is 5.59. The first-order valence-electron chi connectivity index (χ1n) is 7.36. The van der Waals surface area contributed by atoms with E-state index in [1.165, 1.54) is 18.2 Å². The van der Waals surface area contributed by atoms with Crippen molar-refractivity contribution < 1.29 is 9.59 Å². The number of benzene rings is 2. The fourth-order valence-electron chi connectivity index (χ4n) is 3.01. The van der Waals surface area contributed by atoms with Crippen LogP contribution >= 0.6 is 0 Å². The molecule has 0 amide bonds. The van der Waals surface area contributed by atoms with Crippen molar-refractivity contribution in [2.24, 2.45) is 7.05 Å². The standard InChI is InChI=1S/C19H14N2O2/c1-21-17-5-3-2-4-14(17)15-10-12(6-8-18(15)21)20-16-11-13(22)7-9-19(16)23/h2-11,20H,1H3. The molecule has 4 heteroatoms. The van der Waals surface area contributed by atoms with E-state index in [1.54, 1.807) is 0 Å². The number of ketones is 2. The molecule has 0 spiro atoms. The van der Waals surface area contributed by atoms with E-state index in [9.17, 15) is 9.59 Å². The lowest BCUT2D eigenvalue weighted by Crippen LogP contribution is -2.14. The fraction of sp³-hybridized carbons (Fsp3) is 0.0526. The molecule has 0 fully saturated rings. The third-order valence-corrected chi connectivity index (χ3v) is 4.14. The Hall–Kier alpha value is -3.14. The zero-order chi connectivity index (χ0) is 16.0. The Labute approximate surface area is 132 Å². The number of para-hydroxylation sites is 1. The number of aromatic nitrogens is 1. The van der Waals surface area contributed by atoms with E-state index < -0.39 is 0 Å². The van der Waals surface area contributed by atoms with Crippen molar-refractivity contribution in [1.29, 1.82) is 0 Å². The largest absolute Gasteiger partial charge is 0.352 e. The van der Waals surface area contributed by atoms with Crippen molar-refractivity contribution >= 4 is 39.1 Å². The summed E-state index contributed by atoms with van der Waals surface area (Å²) < 4.78 is 2.14. The van der Waals surface area contributed by atoms with Crippen molar-refractivity contribution in [2.45, 2.75) is 0 Å². The number of anilines is 1. The monoisotopic (exact) mass is 302 g/mol. The van der Waals surface area contributed by atoms with Crippen LogP contribution in [0.25, 0.3) is 21.8 Å². The minimum absolute atomic E-state index is 0.182. The van der Waals surface area contributed by atoms with Gasteiger partial charge in [-0.05, 0) is 36.4 Å². The molecule has 0 unspecified atom stereocenters. The van der Waals surface area contributed by atoms with Gasteiger partial charge in [0.05, 0.1) is 5.70 Å². The summed E-state index contributed by atoms with van der Waals surface area (Å²) in [5.74, 6) is -0.374. The first-order valence-corrected chi connectivity index (χ1v) is 7.36. The van der Waals surface area contributed by atoms with Crippen LogP contribution in [0.15, 0.2) is 66.4 Å². The second kappa shape index (κ2) is 4.95. The molecule has 4 rings (SSSR count). The van der Waals surface area contributed by atoms with Gasteiger partial charge in [-0.3, -0.25) is 9.59 Å². The highest BCUT2D eigenvalue weighted by molar-refractivity contribution is 6.18. The molecule has 1 aliphatic rings. The van der Waals surface area contributed by atoms with E-state index in [-0.39, 0.29) is 11.6 Å². The average Bonchev–Trinajstić information content (AvgIpc) is 2.84. The van der Waals surface area contributed by atoms with Gasteiger partial charge >= 0.3 is 0 Å². The minimum atomic E-state index is -0.192. The maximum Gasteiger partial charge on any atom is 0.202 e. The summed E-state index contributed by atoms with van der Waals surface area (Å²) >= 11 is 0. The highest BCUT2D eigenvalue weighted by Gasteiger charge is 2.14. The molecule has 0 aliphatic heterocycles. The van der Waals surface area contributed by atoms with Crippen LogP contribution in [0.2, 0.25) is 0 Å². The normalized spacial score (nSPS) is 14.6. The van der Waals surface area contributed by atoms with Gasteiger partial charge in [-0.15, -0.1) is 0 Å². The predicted octanol–water partition coefficient (Wildman–Crippen LogP) is 3.34. The van der Waals surface area contributed by atoms with Gasteiger partial charge in [0.2, 0.25) is 5.78 Å². The van der Waals surface area contributed by atoms with Gasteiger partial charge in [0.15, 0.2) is 5.78 Å². The van der Waals surface area contributed by atoms with Crippen LogP contribution < -0.4 is 5.32 Å². The number of fused-ring (bicyclic) bond motifs is 3. The van der Waals surface area contributed by atoms with Crippen molar-refractivity contribution in [2.75, 3.05) is 5.32 Å². The molecular weight excluding hydrogens is 288 g/mol. The number of rotatable bonds is 2. The second-order valence-corrected chi connectivity index (χ2v) is 5.59. The lowest BCUT2D eigenvalue weighted by molar-refractivity contribution is -0.114. The number of carbonyl (C=O) groups excluding carboxylic acids is 2. The van der Waals surface area contributed by atoms with Crippen LogP contribution in [0.5, 0.6) is 0 Å². The van der Waals surface area contributed by atoms with E-state index in [1.807, 2.05) is 37.4 Å².